The fraction of sp³-hybridized carbons (Fsp3) is 0.857. The van der Waals surface area contributed by atoms with Gasteiger partial charge in [0.15, 0.2) is 0 Å². The normalized spacial score (nSPS) is 55.7. The number of piperidine rings is 1. The number of ketones is 1. The summed E-state index contributed by atoms with van der Waals surface area (Å²) in [5.41, 5.74) is 0. The number of Topliss-reactive ketones (excluding diaryl/α,β-unsaturated/α-hetero) is 1. The number of carbonyl (C=O) groups excluding carboxylic acids is 2. The predicted molar refractivity (Wildman–Crippen MR) is 62.6 cm³/mol. The van der Waals surface area contributed by atoms with Crippen LogP contribution in [0.4, 0.5) is 8.78 Å². The summed E-state index contributed by atoms with van der Waals surface area (Å²) in [5, 5.41) is 2.85. The number of alkyl halides is 2. The first-order chi connectivity index (χ1) is 9.06. The number of carbonyl (C=O) groups is 2. The summed E-state index contributed by atoms with van der Waals surface area (Å²) in [6.45, 7) is 0. The van der Waals surface area contributed by atoms with E-state index in [1.807, 2.05) is 0 Å². The zero-order chi connectivity index (χ0) is 13.3. The van der Waals surface area contributed by atoms with Crippen molar-refractivity contribution in [2.45, 2.75) is 44.1 Å². The summed E-state index contributed by atoms with van der Waals surface area (Å²) in [5.74, 6) is -1.14. The van der Waals surface area contributed by atoms with E-state index < -0.39 is 12.3 Å². The zero-order valence-corrected chi connectivity index (χ0v) is 10.5. The number of hydrogen-bond acceptors (Lipinski definition) is 2. The van der Waals surface area contributed by atoms with Gasteiger partial charge < -0.3 is 5.32 Å². The van der Waals surface area contributed by atoms with Crippen molar-refractivity contribution >= 4 is 11.7 Å². The van der Waals surface area contributed by atoms with Crippen molar-refractivity contribution in [3.05, 3.63) is 0 Å². The first-order valence-corrected chi connectivity index (χ1v) is 7.18. The van der Waals surface area contributed by atoms with Crippen LogP contribution in [0.2, 0.25) is 0 Å². The highest BCUT2D eigenvalue weighted by Gasteiger charge is 2.63. The minimum Gasteiger partial charge on any atom is -0.353 e. The Morgan fingerprint density at radius 2 is 1.42 bits per heavy atom. The average Bonchev–Trinajstić information content (AvgIpc) is 2.62. The maximum absolute atomic E-state index is 13.8. The Balaban J connectivity index is 1.77. The van der Waals surface area contributed by atoms with Crippen molar-refractivity contribution in [3.8, 4) is 0 Å². The maximum Gasteiger partial charge on any atom is 0.223 e. The summed E-state index contributed by atoms with van der Waals surface area (Å²) in [7, 11) is 0. The SMILES string of the molecule is O=C1NC2CC(F)CC3C(=O)C4CC(F)CC1C4C23. The number of amides is 1. The van der Waals surface area contributed by atoms with Crippen molar-refractivity contribution in [1.29, 1.82) is 0 Å². The molecule has 8 unspecified atom stereocenters. The van der Waals surface area contributed by atoms with E-state index in [1.165, 1.54) is 0 Å². The van der Waals surface area contributed by atoms with Crippen LogP contribution in [0.15, 0.2) is 0 Å². The molecule has 1 heterocycles. The van der Waals surface area contributed by atoms with Gasteiger partial charge in [0.2, 0.25) is 5.91 Å². The molecule has 0 aromatic rings. The van der Waals surface area contributed by atoms with Gasteiger partial charge in [-0.25, -0.2) is 8.78 Å². The monoisotopic (exact) mass is 269 g/mol. The second-order valence-electron chi connectivity index (χ2n) is 6.63. The first-order valence-electron chi connectivity index (χ1n) is 7.18. The molecule has 0 aromatic carbocycles. The van der Waals surface area contributed by atoms with Gasteiger partial charge in [0.1, 0.15) is 18.1 Å². The Kier molecular flexibility index (Phi) is 2.34. The second-order valence-corrected chi connectivity index (χ2v) is 6.63. The zero-order valence-electron chi connectivity index (χ0n) is 10.5. The maximum atomic E-state index is 13.8. The van der Waals surface area contributed by atoms with E-state index in [9.17, 15) is 18.4 Å². The van der Waals surface area contributed by atoms with Gasteiger partial charge in [0.05, 0.1) is 0 Å². The summed E-state index contributed by atoms with van der Waals surface area (Å²) < 4.78 is 27.5. The Bertz CT molecular complexity index is 455. The van der Waals surface area contributed by atoms with Crippen molar-refractivity contribution < 1.29 is 18.4 Å². The molecular weight excluding hydrogens is 252 g/mol. The molecule has 4 fully saturated rings. The third-order valence-electron chi connectivity index (χ3n) is 5.74. The van der Waals surface area contributed by atoms with E-state index in [0.29, 0.717) is 6.42 Å². The molecule has 4 aliphatic rings. The number of hydrogen-bond donors (Lipinski definition) is 1. The van der Waals surface area contributed by atoms with Crippen molar-refractivity contribution in [3.63, 3.8) is 0 Å². The predicted octanol–water partition coefficient (Wildman–Crippen LogP) is 1.41. The molecule has 1 amide bonds. The van der Waals surface area contributed by atoms with Crippen LogP contribution in [0.25, 0.3) is 0 Å². The van der Waals surface area contributed by atoms with Gasteiger partial charge >= 0.3 is 0 Å². The minimum absolute atomic E-state index is 0.0196. The molecule has 4 rings (SSSR count). The largest absolute Gasteiger partial charge is 0.353 e. The highest BCUT2D eigenvalue weighted by Crippen LogP contribution is 2.56. The molecule has 1 saturated heterocycles. The molecule has 5 heteroatoms. The second kappa shape index (κ2) is 3.76. The first kappa shape index (κ1) is 11.8. The molecule has 0 radical (unpaired) electrons. The fourth-order valence-corrected chi connectivity index (χ4v) is 5.17. The van der Waals surface area contributed by atoms with Gasteiger partial charge in [-0.05, 0) is 37.5 Å². The van der Waals surface area contributed by atoms with E-state index in [0.717, 1.165) is 0 Å². The standard InChI is InChI=1S/C14H17F2NO2/c15-5-1-7-11-9(3-5)14(19)17-10-4-6(16)2-8(12(10)11)13(7)18/h5-12H,1-4H2,(H,17,19). The molecule has 0 bridgehead atoms. The van der Waals surface area contributed by atoms with Crippen molar-refractivity contribution in [2.24, 2.45) is 29.6 Å². The fourth-order valence-electron chi connectivity index (χ4n) is 5.17. The molecule has 0 spiro atoms. The topological polar surface area (TPSA) is 46.2 Å². The average molecular weight is 269 g/mol. The summed E-state index contributed by atoms with van der Waals surface area (Å²) in [4.78, 5) is 24.5. The number of nitrogens with one attached hydrogen (secondary N) is 1. The third kappa shape index (κ3) is 1.47. The lowest BCUT2D eigenvalue weighted by Gasteiger charge is -2.47. The van der Waals surface area contributed by atoms with Crippen LogP contribution >= 0.6 is 0 Å². The van der Waals surface area contributed by atoms with E-state index in [4.69, 9.17) is 0 Å². The third-order valence-corrected chi connectivity index (χ3v) is 5.74. The molecule has 1 aliphatic heterocycles. The minimum atomic E-state index is -1.07. The summed E-state index contributed by atoms with van der Waals surface area (Å²) in [6, 6.07) is -0.215. The van der Waals surface area contributed by atoms with Gasteiger partial charge in [-0.2, -0.15) is 0 Å². The highest BCUT2D eigenvalue weighted by atomic mass is 19.1. The molecule has 3 nitrogen and oxygen atoms in total. The lowest BCUT2D eigenvalue weighted by molar-refractivity contribution is -0.138. The molecular formula is C14H17F2NO2. The van der Waals surface area contributed by atoms with Gasteiger partial charge in [-0.15, -0.1) is 0 Å². The van der Waals surface area contributed by atoms with Crippen LogP contribution < -0.4 is 5.32 Å². The highest BCUT2D eigenvalue weighted by molar-refractivity contribution is 5.90. The number of halogens is 2. The molecule has 1 N–H and O–H groups in total. The molecule has 104 valence electrons. The Morgan fingerprint density at radius 3 is 2.16 bits per heavy atom. The smallest absolute Gasteiger partial charge is 0.223 e. The quantitative estimate of drug-likeness (QED) is 0.723. The van der Waals surface area contributed by atoms with E-state index in [-0.39, 0.29) is 66.6 Å². The van der Waals surface area contributed by atoms with Crippen LogP contribution in [0.1, 0.15) is 25.7 Å². The molecule has 8 atom stereocenters. The van der Waals surface area contributed by atoms with E-state index in [1.54, 1.807) is 0 Å². The summed E-state index contributed by atoms with van der Waals surface area (Å²) >= 11 is 0. The van der Waals surface area contributed by atoms with Crippen LogP contribution in [0.3, 0.4) is 0 Å². The van der Waals surface area contributed by atoms with Crippen LogP contribution in [0.5, 0.6) is 0 Å². The Morgan fingerprint density at radius 1 is 0.842 bits per heavy atom. The lowest BCUT2D eigenvalue weighted by Crippen LogP contribution is -2.59. The van der Waals surface area contributed by atoms with E-state index >= 15 is 0 Å². The molecule has 3 aliphatic carbocycles. The van der Waals surface area contributed by atoms with Gasteiger partial charge in [0.25, 0.3) is 0 Å². The van der Waals surface area contributed by atoms with Crippen LogP contribution in [-0.4, -0.2) is 30.1 Å². The van der Waals surface area contributed by atoms with Crippen molar-refractivity contribution in [2.75, 3.05) is 0 Å². The molecule has 0 aromatic heterocycles. The van der Waals surface area contributed by atoms with E-state index in [2.05, 4.69) is 5.32 Å². The Labute approximate surface area is 110 Å². The molecule has 3 saturated carbocycles. The van der Waals surface area contributed by atoms with Gasteiger partial charge in [-0.1, -0.05) is 0 Å². The van der Waals surface area contributed by atoms with Crippen LogP contribution in [0, 0.1) is 29.6 Å². The molecule has 19 heavy (non-hydrogen) atoms. The van der Waals surface area contributed by atoms with Crippen LogP contribution in [-0.2, 0) is 9.59 Å². The lowest BCUT2D eigenvalue weighted by atomic mass is 9.63. The van der Waals surface area contributed by atoms with Gasteiger partial charge in [0, 0.05) is 23.8 Å². The van der Waals surface area contributed by atoms with Gasteiger partial charge in [-0.3, -0.25) is 9.59 Å². The number of rotatable bonds is 0. The Hall–Kier alpha value is -1.00. The van der Waals surface area contributed by atoms with Crippen molar-refractivity contribution in [1.82, 2.24) is 5.32 Å². The summed E-state index contributed by atoms with van der Waals surface area (Å²) in [6.07, 6.45) is -1.03.